The minimum atomic E-state index is 0.0467. The molecule has 0 saturated carbocycles. The van der Waals surface area contributed by atoms with Crippen LogP contribution >= 0.6 is 12.2 Å². The third kappa shape index (κ3) is 2.93. The molecular weight excluding hydrogens is 222 g/mol. The zero-order valence-corrected chi connectivity index (χ0v) is 10.9. The van der Waals surface area contributed by atoms with Crippen LogP contribution in [0.1, 0.15) is 16.7 Å². The Hall–Kier alpha value is -1.13. The number of aryl methyl sites for hydroxylation is 2. The van der Waals surface area contributed by atoms with Crippen molar-refractivity contribution in [3.05, 3.63) is 28.8 Å². The van der Waals surface area contributed by atoms with Crippen molar-refractivity contribution in [2.45, 2.75) is 20.5 Å². The van der Waals surface area contributed by atoms with E-state index in [0.29, 0.717) is 5.17 Å². The Labute approximate surface area is 102 Å². The third-order valence-corrected chi connectivity index (χ3v) is 2.81. The minimum absolute atomic E-state index is 0.0467. The maximum absolute atomic E-state index is 9.13. The van der Waals surface area contributed by atoms with Crippen LogP contribution in [0.25, 0.3) is 0 Å². The van der Waals surface area contributed by atoms with E-state index in [0.717, 1.165) is 22.4 Å². The summed E-state index contributed by atoms with van der Waals surface area (Å²) < 4.78 is 5.56. The van der Waals surface area contributed by atoms with E-state index in [1.54, 1.807) is 4.90 Å². The first-order valence-corrected chi connectivity index (χ1v) is 5.46. The van der Waals surface area contributed by atoms with Gasteiger partial charge in [0.05, 0.1) is 6.61 Å². The van der Waals surface area contributed by atoms with Crippen molar-refractivity contribution in [1.29, 1.82) is 0 Å². The molecule has 16 heavy (non-hydrogen) atoms. The Morgan fingerprint density at radius 2 is 1.94 bits per heavy atom. The summed E-state index contributed by atoms with van der Waals surface area (Å²) in [4.78, 5) is 1.74. The molecule has 0 aromatic heterocycles. The predicted molar refractivity (Wildman–Crippen MR) is 68.8 cm³/mol. The van der Waals surface area contributed by atoms with Crippen LogP contribution < -0.4 is 4.74 Å². The van der Waals surface area contributed by atoms with Gasteiger partial charge in [-0.05, 0) is 54.9 Å². The zero-order chi connectivity index (χ0) is 12.3. The molecule has 0 aliphatic heterocycles. The number of aliphatic hydroxyl groups excluding tert-OH is 1. The van der Waals surface area contributed by atoms with Crippen molar-refractivity contribution in [3.63, 3.8) is 0 Å². The quantitative estimate of drug-likeness (QED) is 0.800. The molecule has 0 aliphatic rings. The number of ether oxygens (including phenoxy) is 1. The van der Waals surface area contributed by atoms with Gasteiger partial charge in [-0.15, -0.1) is 0 Å². The van der Waals surface area contributed by atoms with Crippen LogP contribution in [0, 0.1) is 13.8 Å². The molecule has 0 heterocycles. The van der Waals surface area contributed by atoms with E-state index in [4.69, 9.17) is 22.1 Å². The van der Waals surface area contributed by atoms with Crippen LogP contribution in [0.3, 0.4) is 0 Å². The highest BCUT2D eigenvalue weighted by Crippen LogP contribution is 2.23. The summed E-state index contributed by atoms with van der Waals surface area (Å²) in [5, 5.41) is 9.56. The van der Waals surface area contributed by atoms with Gasteiger partial charge in [0.25, 0.3) is 5.17 Å². The van der Waals surface area contributed by atoms with Gasteiger partial charge < -0.3 is 14.7 Å². The fourth-order valence-electron chi connectivity index (χ4n) is 1.32. The van der Waals surface area contributed by atoms with Gasteiger partial charge in [-0.1, -0.05) is 0 Å². The normalized spacial score (nSPS) is 10.1. The fourth-order valence-corrected chi connectivity index (χ4v) is 1.40. The standard InChI is InChI=1S/C12H17NO2S/c1-8-6-11(15-12(16)13(3)4)9(2)5-10(8)7-14/h5-6,14H,7H2,1-4H3. The van der Waals surface area contributed by atoms with Gasteiger partial charge in [0.2, 0.25) is 0 Å². The smallest absolute Gasteiger partial charge is 0.264 e. The Kier molecular flexibility index (Phi) is 4.26. The molecule has 0 spiro atoms. The van der Waals surface area contributed by atoms with Crippen molar-refractivity contribution < 1.29 is 9.84 Å². The van der Waals surface area contributed by atoms with Crippen LogP contribution in [0.2, 0.25) is 0 Å². The molecule has 0 saturated heterocycles. The second-order valence-electron chi connectivity index (χ2n) is 3.96. The number of hydrogen-bond acceptors (Lipinski definition) is 3. The summed E-state index contributed by atoms with van der Waals surface area (Å²) >= 11 is 5.08. The van der Waals surface area contributed by atoms with Gasteiger partial charge >= 0.3 is 0 Å². The van der Waals surface area contributed by atoms with Crippen molar-refractivity contribution in [1.82, 2.24) is 4.90 Å². The largest absolute Gasteiger partial charge is 0.432 e. The van der Waals surface area contributed by atoms with Gasteiger partial charge in [0, 0.05) is 14.1 Å². The first kappa shape index (κ1) is 12.9. The lowest BCUT2D eigenvalue weighted by Gasteiger charge is -2.16. The Morgan fingerprint density at radius 1 is 1.31 bits per heavy atom. The second-order valence-corrected chi connectivity index (χ2v) is 4.31. The average Bonchev–Trinajstić information content (AvgIpc) is 2.22. The summed E-state index contributed by atoms with van der Waals surface area (Å²) in [6.45, 7) is 3.92. The monoisotopic (exact) mass is 239 g/mol. The molecule has 1 aromatic carbocycles. The van der Waals surface area contributed by atoms with Crippen molar-refractivity contribution in [2.75, 3.05) is 14.1 Å². The maximum Gasteiger partial charge on any atom is 0.264 e. The van der Waals surface area contributed by atoms with Crippen LogP contribution in [-0.2, 0) is 6.61 Å². The van der Waals surface area contributed by atoms with Gasteiger partial charge in [-0.3, -0.25) is 0 Å². The molecule has 0 radical (unpaired) electrons. The topological polar surface area (TPSA) is 32.7 Å². The molecule has 0 fully saturated rings. The lowest BCUT2D eigenvalue weighted by molar-refractivity contribution is 0.281. The van der Waals surface area contributed by atoms with Crippen LogP contribution in [-0.4, -0.2) is 29.3 Å². The Morgan fingerprint density at radius 3 is 2.44 bits per heavy atom. The number of hydrogen-bond donors (Lipinski definition) is 1. The molecule has 1 N–H and O–H groups in total. The molecule has 0 amide bonds. The molecule has 0 unspecified atom stereocenters. The lowest BCUT2D eigenvalue weighted by atomic mass is 10.1. The van der Waals surface area contributed by atoms with E-state index in [2.05, 4.69) is 0 Å². The molecule has 4 heteroatoms. The average molecular weight is 239 g/mol. The highest BCUT2D eigenvalue weighted by atomic mass is 32.1. The molecule has 3 nitrogen and oxygen atoms in total. The SMILES string of the molecule is Cc1cc(OC(=S)N(C)C)c(C)cc1CO. The number of benzene rings is 1. The number of nitrogens with zero attached hydrogens (tertiary/aromatic N) is 1. The third-order valence-electron chi connectivity index (χ3n) is 2.37. The highest BCUT2D eigenvalue weighted by Gasteiger charge is 2.08. The molecule has 88 valence electrons. The first-order valence-electron chi connectivity index (χ1n) is 5.05. The van der Waals surface area contributed by atoms with Crippen molar-refractivity contribution in [3.8, 4) is 5.75 Å². The van der Waals surface area contributed by atoms with Crippen LogP contribution in [0.5, 0.6) is 5.75 Å². The number of rotatable bonds is 2. The van der Waals surface area contributed by atoms with E-state index in [1.807, 2.05) is 40.1 Å². The van der Waals surface area contributed by atoms with E-state index in [-0.39, 0.29) is 6.61 Å². The lowest BCUT2D eigenvalue weighted by Crippen LogP contribution is -2.25. The second kappa shape index (κ2) is 5.27. The van der Waals surface area contributed by atoms with E-state index < -0.39 is 0 Å². The van der Waals surface area contributed by atoms with E-state index in [9.17, 15) is 0 Å². The van der Waals surface area contributed by atoms with Crippen LogP contribution in [0.15, 0.2) is 12.1 Å². The summed E-state index contributed by atoms with van der Waals surface area (Å²) in [7, 11) is 3.68. The number of thiocarbonyl (C=S) groups is 1. The predicted octanol–water partition coefficient (Wildman–Crippen LogP) is 2.02. The minimum Gasteiger partial charge on any atom is -0.432 e. The Balaban J connectivity index is 2.98. The summed E-state index contributed by atoms with van der Waals surface area (Å²) in [6, 6.07) is 3.82. The Bertz CT molecular complexity index is 402. The fraction of sp³-hybridized carbons (Fsp3) is 0.417. The summed E-state index contributed by atoms with van der Waals surface area (Å²) in [6.07, 6.45) is 0. The highest BCUT2D eigenvalue weighted by molar-refractivity contribution is 7.80. The van der Waals surface area contributed by atoms with Gasteiger partial charge in [-0.25, -0.2) is 0 Å². The van der Waals surface area contributed by atoms with Gasteiger partial charge in [0.1, 0.15) is 5.75 Å². The summed E-state index contributed by atoms with van der Waals surface area (Å²) in [5.41, 5.74) is 2.89. The number of aliphatic hydroxyl groups is 1. The molecular formula is C12H17NO2S. The maximum atomic E-state index is 9.13. The van der Waals surface area contributed by atoms with E-state index in [1.165, 1.54) is 0 Å². The van der Waals surface area contributed by atoms with Gasteiger partial charge in [-0.2, -0.15) is 0 Å². The molecule has 0 atom stereocenters. The van der Waals surface area contributed by atoms with Crippen molar-refractivity contribution in [2.24, 2.45) is 0 Å². The molecule has 0 aliphatic carbocycles. The van der Waals surface area contributed by atoms with E-state index >= 15 is 0 Å². The summed E-state index contributed by atoms with van der Waals surface area (Å²) in [5.74, 6) is 0.744. The first-order chi connectivity index (χ1) is 7.45. The van der Waals surface area contributed by atoms with Crippen molar-refractivity contribution >= 4 is 17.4 Å². The van der Waals surface area contributed by atoms with Crippen LogP contribution in [0.4, 0.5) is 0 Å². The zero-order valence-electron chi connectivity index (χ0n) is 10.1. The van der Waals surface area contributed by atoms with Gasteiger partial charge in [0.15, 0.2) is 0 Å². The molecule has 1 rings (SSSR count). The molecule has 1 aromatic rings. The molecule has 0 bridgehead atoms.